The highest BCUT2D eigenvalue weighted by molar-refractivity contribution is 6.08. The molecule has 0 unspecified atom stereocenters. The molecule has 0 aliphatic carbocycles. The van der Waals surface area contributed by atoms with Crippen LogP contribution in [-0.2, 0) is 14.3 Å². The van der Waals surface area contributed by atoms with Crippen molar-refractivity contribution in [3.63, 3.8) is 0 Å². The van der Waals surface area contributed by atoms with Gasteiger partial charge < -0.3 is 30.3 Å². The number of rotatable bonds is 8. The molecule has 0 radical (unpaired) electrons. The number of hydrogen-bond donors (Lipinski definition) is 3. The number of methoxy groups -OCH3 is 1. The van der Waals surface area contributed by atoms with E-state index in [9.17, 15) is 9.59 Å². The number of ether oxygens (including phenoxy) is 1. The Morgan fingerprint density at radius 3 is 2.42 bits per heavy atom. The van der Waals surface area contributed by atoms with E-state index in [4.69, 9.17) is 9.84 Å². The Hall–Kier alpha value is -3.66. The van der Waals surface area contributed by atoms with E-state index in [0.29, 0.717) is 17.3 Å². The maximum Gasteiger partial charge on any atom is 0.337 e. The molecule has 1 aromatic heterocycles. The van der Waals surface area contributed by atoms with E-state index in [1.54, 1.807) is 12.1 Å². The Morgan fingerprint density at radius 2 is 1.84 bits per heavy atom. The number of aliphatic hydroxyl groups excluding tert-OH is 1. The van der Waals surface area contributed by atoms with Crippen molar-refractivity contribution in [1.82, 2.24) is 14.9 Å². The quantitative estimate of drug-likeness (QED) is 0.536. The number of aromatic nitrogens is 2. The van der Waals surface area contributed by atoms with Crippen LogP contribution in [0, 0.1) is 6.92 Å². The van der Waals surface area contributed by atoms with Crippen molar-refractivity contribution >= 4 is 34.9 Å². The third kappa shape index (κ3) is 5.10. The molecule has 0 saturated carbocycles. The largest absolute Gasteiger partial charge is 0.466 e. The van der Waals surface area contributed by atoms with Gasteiger partial charge in [-0.25, -0.2) is 14.8 Å². The Morgan fingerprint density at radius 1 is 1.19 bits per heavy atom. The van der Waals surface area contributed by atoms with Gasteiger partial charge in [0.05, 0.1) is 25.8 Å². The first-order chi connectivity index (χ1) is 14.8. The first-order valence-corrected chi connectivity index (χ1v) is 9.71. The summed E-state index contributed by atoms with van der Waals surface area (Å²) in [7, 11) is 5.09. The Labute approximate surface area is 180 Å². The topological polar surface area (TPSA) is 120 Å². The van der Waals surface area contributed by atoms with Crippen LogP contribution in [0.3, 0.4) is 0 Å². The lowest BCUT2D eigenvalue weighted by atomic mass is 10.2. The van der Waals surface area contributed by atoms with Crippen LogP contribution in [0.5, 0.6) is 0 Å². The number of amides is 1. The molecular formula is C21H26N6O4. The molecule has 0 fully saturated rings. The summed E-state index contributed by atoms with van der Waals surface area (Å²) in [5, 5.41) is 15.4. The molecule has 1 aliphatic rings. The number of benzene rings is 1. The maximum atomic E-state index is 12.6. The summed E-state index contributed by atoms with van der Waals surface area (Å²) in [4.78, 5) is 36.8. The summed E-state index contributed by atoms with van der Waals surface area (Å²) in [6.07, 6.45) is 0. The minimum atomic E-state index is -0.578. The summed E-state index contributed by atoms with van der Waals surface area (Å²) < 4.78 is 4.79. The molecule has 0 saturated heterocycles. The molecule has 31 heavy (non-hydrogen) atoms. The van der Waals surface area contributed by atoms with Crippen molar-refractivity contribution in [2.75, 3.05) is 56.4 Å². The van der Waals surface area contributed by atoms with E-state index in [2.05, 4.69) is 20.6 Å². The van der Waals surface area contributed by atoms with Gasteiger partial charge in [-0.1, -0.05) is 0 Å². The number of hydrogen-bond acceptors (Lipinski definition) is 9. The van der Waals surface area contributed by atoms with Gasteiger partial charge in [-0.05, 0) is 31.2 Å². The van der Waals surface area contributed by atoms with E-state index in [1.807, 2.05) is 44.1 Å². The molecule has 10 nitrogen and oxygen atoms in total. The monoisotopic (exact) mass is 426 g/mol. The van der Waals surface area contributed by atoms with Gasteiger partial charge in [-0.2, -0.15) is 0 Å². The van der Waals surface area contributed by atoms with Gasteiger partial charge in [0.2, 0.25) is 0 Å². The molecule has 0 atom stereocenters. The molecule has 2 aromatic rings. The number of nitrogens with zero attached hydrogens (tertiary/aromatic N) is 4. The lowest BCUT2D eigenvalue weighted by Gasteiger charge is -2.15. The van der Waals surface area contributed by atoms with Crippen LogP contribution in [0.4, 0.5) is 23.0 Å². The SMILES string of the molecule is COC(=O)C1=C(Nc2ccc(Nc3cc(N(C)C)nc(C)n3)cc2)C(=O)N(CCO)C1. The van der Waals surface area contributed by atoms with E-state index in [-0.39, 0.29) is 36.9 Å². The fourth-order valence-electron chi connectivity index (χ4n) is 3.12. The molecule has 1 aliphatic heterocycles. The van der Waals surface area contributed by atoms with Gasteiger partial charge >= 0.3 is 5.97 Å². The van der Waals surface area contributed by atoms with Crippen LogP contribution >= 0.6 is 0 Å². The van der Waals surface area contributed by atoms with E-state index in [0.717, 1.165) is 11.5 Å². The minimum Gasteiger partial charge on any atom is -0.466 e. The van der Waals surface area contributed by atoms with Crippen LogP contribution < -0.4 is 15.5 Å². The number of carbonyl (C=O) groups excluding carboxylic acids is 2. The molecule has 0 spiro atoms. The van der Waals surface area contributed by atoms with E-state index < -0.39 is 5.97 Å². The predicted molar refractivity (Wildman–Crippen MR) is 117 cm³/mol. The highest BCUT2D eigenvalue weighted by atomic mass is 16.5. The zero-order valence-corrected chi connectivity index (χ0v) is 18.0. The summed E-state index contributed by atoms with van der Waals surface area (Å²) in [6, 6.07) is 9.08. The van der Waals surface area contributed by atoms with Crippen molar-refractivity contribution in [3.8, 4) is 0 Å². The van der Waals surface area contributed by atoms with E-state index >= 15 is 0 Å². The van der Waals surface area contributed by atoms with Gasteiger partial charge in [-0.15, -0.1) is 0 Å². The third-order valence-corrected chi connectivity index (χ3v) is 4.66. The first-order valence-electron chi connectivity index (χ1n) is 9.71. The maximum absolute atomic E-state index is 12.6. The Bertz CT molecular complexity index is 1000. The average Bonchev–Trinajstić information content (AvgIpc) is 3.04. The van der Waals surface area contributed by atoms with Crippen LogP contribution in [0.2, 0.25) is 0 Å². The van der Waals surface area contributed by atoms with Crippen LogP contribution in [0.25, 0.3) is 0 Å². The lowest BCUT2D eigenvalue weighted by Crippen LogP contribution is -2.31. The highest BCUT2D eigenvalue weighted by Gasteiger charge is 2.34. The zero-order valence-electron chi connectivity index (χ0n) is 18.0. The Kier molecular flexibility index (Phi) is 6.71. The lowest BCUT2D eigenvalue weighted by molar-refractivity contribution is -0.136. The molecule has 2 heterocycles. The number of esters is 1. The smallest absolute Gasteiger partial charge is 0.337 e. The van der Waals surface area contributed by atoms with Crippen molar-refractivity contribution in [3.05, 3.63) is 47.4 Å². The van der Waals surface area contributed by atoms with Crippen molar-refractivity contribution in [2.24, 2.45) is 0 Å². The van der Waals surface area contributed by atoms with Crippen molar-refractivity contribution in [2.45, 2.75) is 6.92 Å². The Balaban J connectivity index is 1.77. The number of aryl methyl sites for hydroxylation is 1. The van der Waals surface area contributed by atoms with Gasteiger partial charge in [0.1, 0.15) is 23.2 Å². The van der Waals surface area contributed by atoms with E-state index in [1.165, 1.54) is 12.0 Å². The summed E-state index contributed by atoms with van der Waals surface area (Å²) in [5.74, 6) is 1.18. The fraction of sp³-hybridized carbons (Fsp3) is 0.333. The second-order valence-electron chi connectivity index (χ2n) is 7.18. The van der Waals surface area contributed by atoms with Crippen LogP contribution in [-0.4, -0.2) is 72.8 Å². The summed E-state index contributed by atoms with van der Waals surface area (Å²) >= 11 is 0. The van der Waals surface area contributed by atoms with Crippen molar-refractivity contribution in [1.29, 1.82) is 0 Å². The molecule has 1 aromatic carbocycles. The molecule has 0 bridgehead atoms. The molecule has 164 valence electrons. The van der Waals surface area contributed by atoms with Gasteiger partial charge in [-0.3, -0.25) is 4.79 Å². The molecule has 10 heteroatoms. The number of aliphatic hydroxyl groups is 1. The fourth-order valence-corrected chi connectivity index (χ4v) is 3.12. The van der Waals surface area contributed by atoms with Gasteiger partial charge in [0.15, 0.2) is 0 Å². The second-order valence-corrected chi connectivity index (χ2v) is 7.18. The summed E-state index contributed by atoms with van der Waals surface area (Å²) in [5.41, 5.74) is 1.82. The number of β-amino-alcohol motifs (C(OH)–C–C–N with tert-alkyl or cyclic N) is 1. The predicted octanol–water partition coefficient (Wildman–Crippen LogP) is 1.27. The van der Waals surface area contributed by atoms with Gasteiger partial charge in [0.25, 0.3) is 5.91 Å². The van der Waals surface area contributed by atoms with Crippen LogP contribution in [0.1, 0.15) is 5.82 Å². The number of anilines is 4. The molecule has 1 amide bonds. The second kappa shape index (κ2) is 9.43. The minimum absolute atomic E-state index is 0.0926. The molecule has 3 rings (SSSR count). The number of carbonyl (C=O) groups is 2. The third-order valence-electron chi connectivity index (χ3n) is 4.66. The average molecular weight is 426 g/mol. The van der Waals surface area contributed by atoms with Gasteiger partial charge in [0, 0.05) is 38.1 Å². The standard InChI is InChI=1S/C21H26N6O4/c1-13-22-17(11-18(23-13)26(2)3)24-14-5-7-15(8-6-14)25-19-16(21(30)31-4)12-27(9-10-28)20(19)29/h5-8,11,25,28H,9-10,12H2,1-4H3,(H,22,23,24). The highest BCUT2D eigenvalue weighted by Crippen LogP contribution is 2.25. The number of nitrogens with one attached hydrogen (secondary N) is 2. The van der Waals surface area contributed by atoms with Crippen molar-refractivity contribution < 1.29 is 19.4 Å². The zero-order chi connectivity index (χ0) is 22.5. The molecular weight excluding hydrogens is 400 g/mol. The normalized spacial score (nSPS) is 13.5. The van der Waals surface area contributed by atoms with Crippen LogP contribution in [0.15, 0.2) is 41.6 Å². The summed E-state index contributed by atoms with van der Waals surface area (Å²) in [6.45, 7) is 1.87. The molecule has 3 N–H and O–H groups in total. The first kappa shape index (κ1) is 22.0.